The number of benzene rings is 1. The number of nitriles is 1. The van der Waals surface area contributed by atoms with Crippen LogP contribution in [-0.4, -0.2) is 17.9 Å². The van der Waals surface area contributed by atoms with Crippen molar-refractivity contribution >= 4 is 29.0 Å². The van der Waals surface area contributed by atoms with Gasteiger partial charge in [0, 0.05) is 13.2 Å². The maximum Gasteiger partial charge on any atom is 0.257 e. The summed E-state index contributed by atoms with van der Waals surface area (Å²) in [5.41, 5.74) is 0.351. The fraction of sp³-hybridized carbons (Fsp3) is 0.0714. The molecule has 2 aromatic rings. The minimum absolute atomic E-state index is 0.0205. The monoisotopic (exact) mass is 304 g/mol. The van der Waals surface area contributed by atoms with Gasteiger partial charge in [-0.25, -0.2) is 9.37 Å². The zero-order valence-electron chi connectivity index (χ0n) is 10.9. The molecule has 106 valence electrons. The Labute approximate surface area is 125 Å². The Morgan fingerprint density at radius 2 is 2.19 bits per heavy atom. The lowest BCUT2D eigenvalue weighted by Gasteiger charge is -2.08. The molecule has 0 aliphatic rings. The molecule has 5 nitrogen and oxygen atoms in total. The number of carbonyl (C=O) groups excluding carboxylic acids is 1. The number of pyridine rings is 1. The average molecular weight is 305 g/mol. The van der Waals surface area contributed by atoms with E-state index in [4.69, 9.17) is 16.9 Å². The molecule has 2 rings (SSSR count). The molecule has 0 aliphatic heterocycles. The number of anilines is 2. The minimum atomic E-state index is -0.687. The van der Waals surface area contributed by atoms with E-state index < -0.39 is 11.7 Å². The normalized spacial score (nSPS) is 9.81. The third kappa shape index (κ3) is 3.27. The van der Waals surface area contributed by atoms with E-state index in [2.05, 4.69) is 15.6 Å². The van der Waals surface area contributed by atoms with Gasteiger partial charge >= 0.3 is 0 Å². The number of hydrogen-bond donors (Lipinski definition) is 2. The largest absolute Gasteiger partial charge is 0.372 e. The van der Waals surface area contributed by atoms with Crippen LogP contribution in [0, 0.1) is 17.1 Å². The molecule has 1 aromatic carbocycles. The number of nitrogens with one attached hydrogen (secondary N) is 2. The summed E-state index contributed by atoms with van der Waals surface area (Å²) in [6.45, 7) is 0. The van der Waals surface area contributed by atoms with E-state index in [0.717, 1.165) is 6.07 Å². The van der Waals surface area contributed by atoms with Crippen LogP contribution in [0.15, 0.2) is 30.5 Å². The number of rotatable bonds is 3. The van der Waals surface area contributed by atoms with Gasteiger partial charge in [-0.05, 0) is 24.3 Å². The summed E-state index contributed by atoms with van der Waals surface area (Å²) in [4.78, 5) is 16.0. The topological polar surface area (TPSA) is 77.8 Å². The Kier molecular flexibility index (Phi) is 4.36. The maximum absolute atomic E-state index is 13.7. The number of nitrogens with zero attached hydrogens (tertiary/aromatic N) is 2. The fourth-order valence-corrected chi connectivity index (χ4v) is 1.89. The van der Waals surface area contributed by atoms with Crippen molar-refractivity contribution < 1.29 is 9.18 Å². The molecule has 1 aromatic heterocycles. The molecule has 0 saturated carbocycles. The Hall–Kier alpha value is -2.65. The van der Waals surface area contributed by atoms with Crippen molar-refractivity contribution in [2.75, 3.05) is 17.7 Å². The zero-order valence-corrected chi connectivity index (χ0v) is 11.7. The number of amides is 1. The SMILES string of the molecule is CNc1ncc(C(=O)Nc2ccc(C#N)cc2F)cc1Cl. The van der Waals surface area contributed by atoms with Crippen molar-refractivity contribution in [3.8, 4) is 6.07 Å². The molecule has 1 amide bonds. The molecular formula is C14H10ClFN4O. The standard InChI is InChI=1S/C14H10ClFN4O/c1-18-13-10(15)5-9(7-19-13)14(21)20-12-3-2-8(6-17)4-11(12)16/h2-5,7H,1H3,(H,18,19)(H,20,21). The molecule has 21 heavy (non-hydrogen) atoms. The molecule has 0 saturated heterocycles. The van der Waals surface area contributed by atoms with Crippen LogP contribution in [0.3, 0.4) is 0 Å². The fourth-order valence-electron chi connectivity index (χ4n) is 1.63. The third-order valence-electron chi connectivity index (χ3n) is 2.69. The van der Waals surface area contributed by atoms with Crippen LogP contribution in [0.25, 0.3) is 0 Å². The molecule has 1 heterocycles. The van der Waals surface area contributed by atoms with Crippen LogP contribution >= 0.6 is 11.6 Å². The first-order valence-corrected chi connectivity index (χ1v) is 6.27. The van der Waals surface area contributed by atoms with Crippen molar-refractivity contribution in [1.29, 1.82) is 5.26 Å². The number of aromatic nitrogens is 1. The molecule has 0 atom stereocenters. The van der Waals surface area contributed by atoms with Gasteiger partial charge in [0.05, 0.1) is 27.9 Å². The molecule has 0 radical (unpaired) electrons. The number of hydrogen-bond acceptors (Lipinski definition) is 4. The summed E-state index contributed by atoms with van der Waals surface area (Å²) < 4.78 is 13.7. The molecule has 0 unspecified atom stereocenters. The first-order valence-electron chi connectivity index (χ1n) is 5.89. The molecule has 0 bridgehead atoms. The highest BCUT2D eigenvalue weighted by Crippen LogP contribution is 2.21. The van der Waals surface area contributed by atoms with Crippen molar-refractivity contribution in [3.05, 3.63) is 52.4 Å². The quantitative estimate of drug-likeness (QED) is 0.913. The summed E-state index contributed by atoms with van der Waals surface area (Å²) in [5, 5.41) is 14.1. The van der Waals surface area contributed by atoms with E-state index in [-0.39, 0.29) is 21.8 Å². The highest BCUT2D eigenvalue weighted by atomic mass is 35.5. The zero-order chi connectivity index (χ0) is 15.4. The van der Waals surface area contributed by atoms with Crippen LogP contribution in [0.4, 0.5) is 15.9 Å². The summed E-state index contributed by atoms with van der Waals surface area (Å²) in [7, 11) is 1.65. The Morgan fingerprint density at radius 1 is 1.43 bits per heavy atom. The van der Waals surface area contributed by atoms with E-state index in [0.29, 0.717) is 5.82 Å². The first-order chi connectivity index (χ1) is 10.0. The van der Waals surface area contributed by atoms with Gasteiger partial charge in [-0.15, -0.1) is 0 Å². The van der Waals surface area contributed by atoms with Crippen LogP contribution < -0.4 is 10.6 Å². The van der Waals surface area contributed by atoms with Crippen LogP contribution in [0.1, 0.15) is 15.9 Å². The lowest BCUT2D eigenvalue weighted by atomic mass is 10.2. The molecule has 0 aliphatic carbocycles. The van der Waals surface area contributed by atoms with Crippen molar-refractivity contribution in [2.45, 2.75) is 0 Å². The van der Waals surface area contributed by atoms with E-state index in [9.17, 15) is 9.18 Å². The molecule has 0 spiro atoms. The van der Waals surface area contributed by atoms with Gasteiger partial charge in [-0.3, -0.25) is 4.79 Å². The number of carbonyl (C=O) groups is 1. The first kappa shape index (κ1) is 14.8. The van der Waals surface area contributed by atoms with Gasteiger partial charge in [0.2, 0.25) is 0 Å². The summed E-state index contributed by atoms with van der Waals surface area (Å²) in [5.74, 6) is -0.790. The summed E-state index contributed by atoms with van der Waals surface area (Å²) in [6.07, 6.45) is 1.33. The van der Waals surface area contributed by atoms with Crippen LogP contribution in [0.5, 0.6) is 0 Å². The lowest BCUT2D eigenvalue weighted by molar-refractivity contribution is 0.102. The number of halogens is 2. The summed E-state index contributed by atoms with van der Waals surface area (Å²) in [6, 6.07) is 7.02. The van der Waals surface area contributed by atoms with E-state index in [1.807, 2.05) is 6.07 Å². The Morgan fingerprint density at radius 3 is 2.76 bits per heavy atom. The Balaban J connectivity index is 2.22. The third-order valence-corrected chi connectivity index (χ3v) is 2.97. The van der Waals surface area contributed by atoms with Gasteiger partial charge in [-0.1, -0.05) is 11.6 Å². The minimum Gasteiger partial charge on any atom is -0.372 e. The molecule has 0 fully saturated rings. The predicted molar refractivity (Wildman–Crippen MR) is 77.9 cm³/mol. The van der Waals surface area contributed by atoms with E-state index >= 15 is 0 Å². The predicted octanol–water partition coefficient (Wildman–Crippen LogP) is 3.04. The van der Waals surface area contributed by atoms with Gasteiger partial charge in [-0.2, -0.15) is 5.26 Å². The van der Waals surface area contributed by atoms with Gasteiger partial charge < -0.3 is 10.6 Å². The van der Waals surface area contributed by atoms with Crippen LogP contribution in [0.2, 0.25) is 5.02 Å². The van der Waals surface area contributed by atoms with E-state index in [1.165, 1.54) is 24.4 Å². The smallest absolute Gasteiger partial charge is 0.257 e. The van der Waals surface area contributed by atoms with E-state index in [1.54, 1.807) is 7.05 Å². The molecule has 2 N–H and O–H groups in total. The highest BCUT2D eigenvalue weighted by Gasteiger charge is 2.12. The molecule has 7 heteroatoms. The lowest BCUT2D eigenvalue weighted by Crippen LogP contribution is -2.13. The Bertz CT molecular complexity index is 742. The van der Waals surface area contributed by atoms with Gasteiger partial charge in [0.25, 0.3) is 5.91 Å². The van der Waals surface area contributed by atoms with Gasteiger partial charge in [0.1, 0.15) is 11.6 Å². The maximum atomic E-state index is 13.7. The molecular weight excluding hydrogens is 295 g/mol. The van der Waals surface area contributed by atoms with Crippen molar-refractivity contribution in [3.63, 3.8) is 0 Å². The summed E-state index contributed by atoms with van der Waals surface area (Å²) >= 11 is 5.93. The van der Waals surface area contributed by atoms with Crippen molar-refractivity contribution in [1.82, 2.24) is 4.98 Å². The van der Waals surface area contributed by atoms with Crippen molar-refractivity contribution in [2.24, 2.45) is 0 Å². The second kappa shape index (κ2) is 6.20. The second-order valence-electron chi connectivity index (χ2n) is 4.06. The van der Waals surface area contributed by atoms with Crippen LogP contribution in [-0.2, 0) is 0 Å². The highest BCUT2D eigenvalue weighted by molar-refractivity contribution is 6.33. The second-order valence-corrected chi connectivity index (χ2v) is 4.47. The average Bonchev–Trinajstić information content (AvgIpc) is 2.49. The van der Waals surface area contributed by atoms with Gasteiger partial charge in [0.15, 0.2) is 0 Å².